The second kappa shape index (κ2) is 11.8. The minimum absolute atomic E-state index is 0.00376. The van der Waals surface area contributed by atoms with Crippen LogP contribution in [0, 0.1) is 5.92 Å². The van der Waals surface area contributed by atoms with Crippen LogP contribution in [0.2, 0.25) is 0 Å². The molecule has 1 atom stereocenters. The summed E-state index contributed by atoms with van der Waals surface area (Å²) in [6.07, 6.45) is -2.25. The lowest BCUT2D eigenvalue weighted by Gasteiger charge is -2.40. The molecule has 1 aliphatic heterocycles. The van der Waals surface area contributed by atoms with Gasteiger partial charge >= 0.3 is 6.18 Å². The molecule has 2 heterocycles. The van der Waals surface area contributed by atoms with Gasteiger partial charge in [0.1, 0.15) is 0 Å². The number of hydrogen-bond acceptors (Lipinski definition) is 4. The van der Waals surface area contributed by atoms with Crippen LogP contribution < -0.4 is 10.0 Å². The minimum Gasteiger partial charge on any atom is -0.354 e. The van der Waals surface area contributed by atoms with E-state index in [9.17, 15) is 26.4 Å². The van der Waals surface area contributed by atoms with Gasteiger partial charge in [-0.3, -0.25) is 4.79 Å². The Balaban J connectivity index is 1.12. The molecule has 3 N–H and O–H groups in total. The molecule has 4 aromatic rings. The molecule has 2 aliphatic rings. The molecule has 1 unspecified atom stereocenters. The summed E-state index contributed by atoms with van der Waals surface area (Å²) >= 11 is 0. The van der Waals surface area contributed by atoms with Gasteiger partial charge in [0, 0.05) is 53.8 Å². The number of benzene rings is 3. The molecule has 11 heteroatoms. The van der Waals surface area contributed by atoms with Gasteiger partial charge in [0.25, 0.3) is 0 Å². The van der Waals surface area contributed by atoms with Crippen LogP contribution in [-0.4, -0.2) is 49.9 Å². The number of hydrogen-bond donors (Lipinski definition) is 3. The number of aromatic amines is 1. The summed E-state index contributed by atoms with van der Waals surface area (Å²) in [7, 11) is -3.89. The Bertz CT molecular complexity index is 1710. The van der Waals surface area contributed by atoms with E-state index >= 15 is 0 Å². The maximum absolute atomic E-state index is 13.6. The lowest BCUT2D eigenvalue weighted by Crippen LogP contribution is -2.51. The van der Waals surface area contributed by atoms with E-state index in [-0.39, 0.29) is 40.1 Å². The maximum atomic E-state index is 13.6. The summed E-state index contributed by atoms with van der Waals surface area (Å²) < 4.78 is 70.1. The number of carbonyl (C=O) groups is 1. The van der Waals surface area contributed by atoms with Gasteiger partial charge in [0.2, 0.25) is 15.9 Å². The second-order valence-corrected chi connectivity index (χ2v) is 13.0. The number of nitrogens with zero attached hydrogens (tertiary/aromatic N) is 1. The van der Waals surface area contributed by atoms with Crippen molar-refractivity contribution in [2.45, 2.75) is 48.8 Å². The third kappa shape index (κ3) is 6.20. The molecule has 1 aromatic heterocycles. The van der Waals surface area contributed by atoms with Crippen molar-refractivity contribution in [1.82, 2.24) is 19.9 Å². The van der Waals surface area contributed by atoms with Crippen molar-refractivity contribution in [2.75, 3.05) is 19.6 Å². The molecule has 7 nitrogen and oxygen atoms in total. The van der Waals surface area contributed by atoms with Crippen LogP contribution in [0.1, 0.15) is 42.9 Å². The second-order valence-electron chi connectivity index (χ2n) is 11.3. The first-order valence-corrected chi connectivity index (χ1v) is 16.0. The van der Waals surface area contributed by atoms with Crippen molar-refractivity contribution < 1.29 is 26.4 Å². The van der Waals surface area contributed by atoms with E-state index in [2.05, 4.69) is 15.0 Å². The number of alkyl halides is 3. The van der Waals surface area contributed by atoms with E-state index in [0.29, 0.717) is 49.7 Å². The van der Waals surface area contributed by atoms with Gasteiger partial charge in [0.15, 0.2) is 0 Å². The molecular weight excluding hydrogens is 577 g/mol. The van der Waals surface area contributed by atoms with Crippen molar-refractivity contribution in [3.05, 3.63) is 90.0 Å². The lowest BCUT2D eigenvalue weighted by atomic mass is 9.85. The first-order valence-electron chi connectivity index (χ1n) is 14.5. The number of carbonyl (C=O) groups excluding carboxylic acids is 1. The van der Waals surface area contributed by atoms with E-state index in [1.54, 1.807) is 12.1 Å². The number of fused-ring (bicyclic) bond motifs is 1. The zero-order valence-electron chi connectivity index (χ0n) is 23.4. The first kappa shape index (κ1) is 29.4. The number of sulfonamides is 1. The molecular formula is C32H33F3N4O3S. The van der Waals surface area contributed by atoms with E-state index in [1.807, 2.05) is 35.2 Å². The summed E-state index contributed by atoms with van der Waals surface area (Å²) in [5, 5.41) is 3.98. The molecule has 1 saturated heterocycles. The van der Waals surface area contributed by atoms with Crippen molar-refractivity contribution in [3.63, 3.8) is 0 Å². The number of piperazine rings is 1. The molecule has 0 radical (unpaired) electrons. The fourth-order valence-electron chi connectivity index (χ4n) is 6.30. The number of aromatic nitrogens is 1. The van der Waals surface area contributed by atoms with Crippen LogP contribution in [0.4, 0.5) is 13.2 Å². The number of amides is 1. The molecule has 1 amide bonds. The molecule has 43 heavy (non-hydrogen) atoms. The van der Waals surface area contributed by atoms with Crippen LogP contribution in [0.25, 0.3) is 22.2 Å². The Hall–Kier alpha value is -3.67. The van der Waals surface area contributed by atoms with Crippen LogP contribution in [0.15, 0.2) is 83.8 Å². The van der Waals surface area contributed by atoms with E-state index in [4.69, 9.17) is 0 Å². The highest BCUT2D eigenvalue weighted by Gasteiger charge is 2.36. The molecule has 1 saturated carbocycles. The average molecular weight is 611 g/mol. The highest BCUT2D eigenvalue weighted by Crippen LogP contribution is 2.38. The van der Waals surface area contributed by atoms with E-state index < -0.39 is 21.8 Å². The van der Waals surface area contributed by atoms with Gasteiger partial charge in [-0.25, -0.2) is 13.1 Å². The molecule has 1 aliphatic carbocycles. The van der Waals surface area contributed by atoms with Crippen molar-refractivity contribution >= 4 is 26.8 Å². The number of halogens is 3. The minimum atomic E-state index is -4.52. The number of H-pyrrole nitrogens is 1. The smallest absolute Gasteiger partial charge is 0.354 e. The standard InChI is InChI=1S/C32H33F3N4O3S/c33-32(34,35)27-9-5-4-8-26(27)29-18-23-12-15-25(19-28(23)37-29)43(41,42)38-24-13-10-22(11-14-24)31(40)39-17-16-36-20-30(39)21-6-2-1-3-7-21/h1-9,12,15,18-19,22,24,30,36-38H,10-11,13-14,16-17,20H2. The lowest BCUT2D eigenvalue weighted by molar-refractivity contribution is -0.140. The van der Waals surface area contributed by atoms with Gasteiger partial charge in [-0.2, -0.15) is 13.2 Å². The zero-order valence-corrected chi connectivity index (χ0v) is 24.2. The highest BCUT2D eigenvalue weighted by molar-refractivity contribution is 7.89. The summed E-state index contributed by atoms with van der Waals surface area (Å²) in [6, 6.07) is 21.0. The third-order valence-electron chi connectivity index (χ3n) is 8.54. The molecule has 3 aromatic carbocycles. The third-order valence-corrected chi connectivity index (χ3v) is 10.1. The predicted octanol–water partition coefficient (Wildman–Crippen LogP) is 5.86. The quantitative estimate of drug-likeness (QED) is 0.255. The average Bonchev–Trinajstić information content (AvgIpc) is 3.45. The fraction of sp³-hybridized carbons (Fsp3) is 0.344. The fourth-order valence-corrected chi connectivity index (χ4v) is 7.64. The van der Waals surface area contributed by atoms with Crippen molar-refractivity contribution in [2.24, 2.45) is 5.92 Å². The van der Waals surface area contributed by atoms with E-state index in [0.717, 1.165) is 18.2 Å². The van der Waals surface area contributed by atoms with E-state index in [1.165, 1.54) is 30.3 Å². The summed E-state index contributed by atoms with van der Waals surface area (Å²) in [4.78, 5) is 18.5. The van der Waals surface area contributed by atoms with Gasteiger partial charge in [-0.05, 0) is 55.5 Å². The van der Waals surface area contributed by atoms with Gasteiger partial charge in [-0.1, -0.05) is 54.6 Å². The Labute approximate surface area is 248 Å². The Kier molecular flexibility index (Phi) is 8.06. The van der Waals surface area contributed by atoms with Gasteiger partial charge < -0.3 is 15.2 Å². The van der Waals surface area contributed by atoms with Gasteiger partial charge in [0.05, 0.1) is 16.5 Å². The van der Waals surface area contributed by atoms with Crippen LogP contribution in [0.5, 0.6) is 0 Å². The molecule has 0 spiro atoms. The summed E-state index contributed by atoms with van der Waals surface area (Å²) in [5.74, 6) is -0.0323. The largest absolute Gasteiger partial charge is 0.417 e. The van der Waals surface area contributed by atoms with Crippen LogP contribution in [-0.2, 0) is 21.0 Å². The normalized spacial score (nSPS) is 21.7. The maximum Gasteiger partial charge on any atom is 0.417 e. The Morgan fingerprint density at radius 2 is 1.63 bits per heavy atom. The van der Waals surface area contributed by atoms with Gasteiger partial charge in [-0.15, -0.1) is 0 Å². The zero-order chi connectivity index (χ0) is 30.2. The highest BCUT2D eigenvalue weighted by atomic mass is 32.2. The topological polar surface area (TPSA) is 94.3 Å². The summed E-state index contributed by atoms with van der Waals surface area (Å²) in [5.41, 5.74) is 1.01. The van der Waals surface area contributed by atoms with Crippen LogP contribution in [0.3, 0.4) is 0 Å². The first-order chi connectivity index (χ1) is 20.6. The van der Waals surface area contributed by atoms with Crippen molar-refractivity contribution in [1.29, 1.82) is 0 Å². The monoisotopic (exact) mass is 610 g/mol. The molecule has 6 rings (SSSR count). The predicted molar refractivity (Wildman–Crippen MR) is 159 cm³/mol. The Morgan fingerprint density at radius 1 is 0.907 bits per heavy atom. The number of rotatable bonds is 6. The molecule has 0 bridgehead atoms. The molecule has 226 valence electrons. The summed E-state index contributed by atoms with van der Waals surface area (Å²) in [6.45, 7) is 2.08. The Morgan fingerprint density at radius 3 is 2.37 bits per heavy atom. The SMILES string of the molecule is O=C(C1CCC(NS(=O)(=O)c2ccc3cc(-c4ccccc4C(F)(F)F)[nH]c3c2)CC1)N1CCNCC1c1ccccc1. The van der Waals surface area contributed by atoms with Crippen LogP contribution >= 0.6 is 0 Å². The number of nitrogens with one attached hydrogen (secondary N) is 3. The molecule has 2 fully saturated rings. The van der Waals surface area contributed by atoms with Crippen molar-refractivity contribution in [3.8, 4) is 11.3 Å².